The first-order valence-electron chi connectivity index (χ1n) is 7.95. The second-order valence-corrected chi connectivity index (χ2v) is 5.77. The molecule has 1 amide bonds. The van der Waals surface area contributed by atoms with Gasteiger partial charge in [-0.15, -0.1) is 0 Å². The number of carbonyl (C=O) groups is 1. The van der Waals surface area contributed by atoms with E-state index in [0.717, 1.165) is 30.9 Å². The quantitative estimate of drug-likeness (QED) is 0.880. The Labute approximate surface area is 139 Å². The summed E-state index contributed by atoms with van der Waals surface area (Å²) < 4.78 is 26.3. The number of halogens is 2. The Balaban J connectivity index is 1.52. The van der Waals surface area contributed by atoms with Crippen LogP contribution in [0.5, 0.6) is 0 Å². The van der Waals surface area contributed by atoms with Crippen LogP contribution in [0.3, 0.4) is 0 Å². The zero-order valence-corrected chi connectivity index (χ0v) is 13.2. The van der Waals surface area contributed by atoms with Gasteiger partial charge in [0.1, 0.15) is 11.6 Å². The average molecular weight is 331 g/mol. The second kappa shape index (κ2) is 7.29. The summed E-state index contributed by atoms with van der Waals surface area (Å²) in [5.74, 6) is -1.67. The van der Waals surface area contributed by atoms with E-state index in [1.54, 1.807) is 0 Å². The van der Waals surface area contributed by atoms with Crippen molar-refractivity contribution in [2.45, 2.75) is 12.8 Å². The van der Waals surface area contributed by atoms with Gasteiger partial charge in [-0.25, -0.2) is 8.78 Å². The van der Waals surface area contributed by atoms with E-state index >= 15 is 0 Å². The molecule has 0 aromatic heterocycles. The largest absolute Gasteiger partial charge is 0.374 e. The van der Waals surface area contributed by atoms with Gasteiger partial charge >= 0.3 is 0 Å². The average Bonchev–Trinajstić information content (AvgIpc) is 3.09. The standard InChI is InChI=1S/C18H19F2N3O/c19-13-3-8-17(16(20)11-13)21-12-18(24)22-14-4-6-15(7-5-14)23-9-1-2-10-23/h3-8,11,21H,1-2,9-10,12H2,(H,22,24). The van der Waals surface area contributed by atoms with E-state index in [2.05, 4.69) is 15.5 Å². The fourth-order valence-corrected chi connectivity index (χ4v) is 2.74. The number of amides is 1. The highest BCUT2D eigenvalue weighted by atomic mass is 19.1. The van der Waals surface area contributed by atoms with Crippen LogP contribution in [0.1, 0.15) is 12.8 Å². The molecule has 24 heavy (non-hydrogen) atoms. The number of benzene rings is 2. The minimum Gasteiger partial charge on any atom is -0.374 e. The van der Waals surface area contributed by atoms with Gasteiger partial charge in [-0.1, -0.05) is 0 Å². The first-order chi connectivity index (χ1) is 11.6. The molecule has 4 nitrogen and oxygen atoms in total. The van der Waals surface area contributed by atoms with Crippen LogP contribution in [0.2, 0.25) is 0 Å². The van der Waals surface area contributed by atoms with Crippen molar-refractivity contribution in [2.24, 2.45) is 0 Å². The number of carbonyl (C=O) groups excluding carboxylic acids is 1. The van der Waals surface area contributed by atoms with E-state index < -0.39 is 11.6 Å². The molecule has 0 atom stereocenters. The van der Waals surface area contributed by atoms with Gasteiger partial charge < -0.3 is 15.5 Å². The lowest BCUT2D eigenvalue weighted by Crippen LogP contribution is -2.22. The van der Waals surface area contributed by atoms with Crippen LogP contribution >= 0.6 is 0 Å². The highest BCUT2D eigenvalue weighted by molar-refractivity contribution is 5.93. The number of anilines is 3. The van der Waals surface area contributed by atoms with Crippen molar-refractivity contribution in [3.05, 3.63) is 54.1 Å². The molecule has 2 N–H and O–H groups in total. The number of rotatable bonds is 5. The summed E-state index contributed by atoms with van der Waals surface area (Å²) in [6.07, 6.45) is 2.42. The molecular weight excluding hydrogens is 312 g/mol. The van der Waals surface area contributed by atoms with E-state index in [9.17, 15) is 13.6 Å². The van der Waals surface area contributed by atoms with Crippen molar-refractivity contribution in [1.29, 1.82) is 0 Å². The molecular formula is C18H19F2N3O. The summed E-state index contributed by atoms with van der Waals surface area (Å²) in [7, 11) is 0. The van der Waals surface area contributed by atoms with Gasteiger partial charge in [0.15, 0.2) is 0 Å². The molecule has 0 saturated carbocycles. The van der Waals surface area contributed by atoms with E-state index in [0.29, 0.717) is 5.69 Å². The van der Waals surface area contributed by atoms with Crippen molar-refractivity contribution in [3.8, 4) is 0 Å². The summed E-state index contributed by atoms with van der Waals surface area (Å²) in [6.45, 7) is 2.04. The lowest BCUT2D eigenvalue weighted by atomic mass is 10.2. The van der Waals surface area contributed by atoms with Crippen molar-refractivity contribution in [2.75, 3.05) is 35.2 Å². The van der Waals surface area contributed by atoms with Crippen LogP contribution in [0.15, 0.2) is 42.5 Å². The zero-order valence-electron chi connectivity index (χ0n) is 13.2. The van der Waals surface area contributed by atoms with Gasteiger partial charge in [0, 0.05) is 30.5 Å². The Morgan fingerprint density at radius 3 is 2.42 bits per heavy atom. The number of hydrogen-bond donors (Lipinski definition) is 2. The highest BCUT2D eigenvalue weighted by Gasteiger charge is 2.12. The van der Waals surface area contributed by atoms with Crippen LogP contribution in [0.25, 0.3) is 0 Å². The van der Waals surface area contributed by atoms with Crippen molar-refractivity contribution in [1.82, 2.24) is 0 Å². The van der Waals surface area contributed by atoms with Crippen LogP contribution in [-0.2, 0) is 4.79 Å². The Morgan fingerprint density at radius 2 is 1.75 bits per heavy atom. The van der Waals surface area contributed by atoms with E-state index in [1.807, 2.05) is 24.3 Å². The molecule has 0 unspecified atom stereocenters. The van der Waals surface area contributed by atoms with Gasteiger partial charge in [0.05, 0.1) is 12.2 Å². The summed E-state index contributed by atoms with van der Waals surface area (Å²) in [4.78, 5) is 14.2. The predicted octanol–water partition coefficient (Wildman–Crippen LogP) is 3.62. The minimum atomic E-state index is -0.724. The number of nitrogens with zero attached hydrogens (tertiary/aromatic N) is 1. The topological polar surface area (TPSA) is 44.4 Å². The molecule has 0 spiro atoms. The molecule has 0 bridgehead atoms. The Bertz CT molecular complexity index is 713. The number of hydrogen-bond acceptors (Lipinski definition) is 3. The van der Waals surface area contributed by atoms with E-state index in [-0.39, 0.29) is 18.1 Å². The van der Waals surface area contributed by atoms with Gasteiger partial charge in [-0.3, -0.25) is 4.79 Å². The Kier molecular flexibility index (Phi) is 4.93. The smallest absolute Gasteiger partial charge is 0.243 e. The third-order valence-electron chi connectivity index (χ3n) is 3.99. The maximum absolute atomic E-state index is 13.5. The maximum Gasteiger partial charge on any atom is 0.243 e. The first-order valence-corrected chi connectivity index (χ1v) is 7.95. The number of nitrogens with one attached hydrogen (secondary N) is 2. The molecule has 6 heteroatoms. The fraction of sp³-hybridized carbons (Fsp3) is 0.278. The van der Waals surface area contributed by atoms with Crippen molar-refractivity contribution >= 4 is 23.0 Å². The molecule has 2 aromatic carbocycles. The highest BCUT2D eigenvalue weighted by Crippen LogP contribution is 2.22. The molecule has 1 aliphatic heterocycles. The molecule has 1 fully saturated rings. The van der Waals surface area contributed by atoms with Gasteiger partial charge in [0.25, 0.3) is 0 Å². The van der Waals surface area contributed by atoms with Crippen LogP contribution < -0.4 is 15.5 Å². The maximum atomic E-state index is 13.5. The SMILES string of the molecule is O=C(CNc1ccc(F)cc1F)Nc1ccc(N2CCCC2)cc1. The Morgan fingerprint density at radius 1 is 1.04 bits per heavy atom. The molecule has 2 aromatic rings. The van der Waals surface area contributed by atoms with E-state index in [4.69, 9.17) is 0 Å². The first kappa shape index (κ1) is 16.2. The lowest BCUT2D eigenvalue weighted by Gasteiger charge is -2.17. The van der Waals surface area contributed by atoms with Gasteiger partial charge in [-0.05, 0) is 49.2 Å². The normalized spacial score (nSPS) is 13.8. The molecule has 0 radical (unpaired) electrons. The summed E-state index contributed by atoms with van der Waals surface area (Å²) in [5, 5.41) is 5.40. The molecule has 1 saturated heterocycles. The molecule has 1 aliphatic rings. The minimum absolute atomic E-state index is 0.0935. The molecule has 0 aliphatic carbocycles. The van der Waals surface area contributed by atoms with E-state index in [1.165, 1.54) is 18.9 Å². The summed E-state index contributed by atoms with van der Waals surface area (Å²) >= 11 is 0. The van der Waals surface area contributed by atoms with Crippen LogP contribution in [-0.4, -0.2) is 25.5 Å². The zero-order chi connectivity index (χ0) is 16.9. The van der Waals surface area contributed by atoms with Gasteiger partial charge in [-0.2, -0.15) is 0 Å². The van der Waals surface area contributed by atoms with Crippen LogP contribution in [0.4, 0.5) is 25.8 Å². The summed E-state index contributed by atoms with van der Waals surface area (Å²) in [5.41, 5.74) is 1.93. The second-order valence-electron chi connectivity index (χ2n) is 5.77. The van der Waals surface area contributed by atoms with Crippen molar-refractivity contribution < 1.29 is 13.6 Å². The summed E-state index contributed by atoms with van der Waals surface area (Å²) in [6, 6.07) is 10.8. The van der Waals surface area contributed by atoms with Crippen molar-refractivity contribution in [3.63, 3.8) is 0 Å². The lowest BCUT2D eigenvalue weighted by molar-refractivity contribution is -0.114. The molecule has 1 heterocycles. The third-order valence-corrected chi connectivity index (χ3v) is 3.99. The van der Waals surface area contributed by atoms with Crippen LogP contribution in [0, 0.1) is 11.6 Å². The predicted molar refractivity (Wildman–Crippen MR) is 91.4 cm³/mol. The monoisotopic (exact) mass is 331 g/mol. The fourth-order valence-electron chi connectivity index (χ4n) is 2.74. The molecule has 3 rings (SSSR count). The Hall–Kier alpha value is -2.63. The molecule has 126 valence electrons. The van der Waals surface area contributed by atoms with Gasteiger partial charge in [0.2, 0.25) is 5.91 Å². The third kappa shape index (κ3) is 4.01.